The number of nitrogens with zero attached hydrogens (tertiary/aromatic N) is 3. The van der Waals surface area contributed by atoms with Crippen LogP contribution in [0.25, 0.3) is 11.3 Å². The second-order valence-electron chi connectivity index (χ2n) is 6.19. The normalized spacial score (nSPS) is 11.4. The van der Waals surface area contributed by atoms with E-state index >= 15 is 0 Å². The molecule has 0 fully saturated rings. The summed E-state index contributed by atoms with van der Waals surface area (Å²) in [5, 5.41) is 0.344. The smallest absolute Gasteiger partial charge is 0.312 e. The van der Waals surface area contributed by atoms with Crippen LogP contribution in [0.2, 0.25) is 5.02 Å². The SMILES string of the molecule is CCN(C(=O)CSc1nc(-c2ccc(Cl)cc2)cc(C(F)(F)F)n1)c1ccccc1. The first-order chi connectivity index (χ1) is 14.3. The topological polar surface area (TPSA) is 46.1 Å². The summed E-state index contributed by atoms with van der Waals surface area (Å²) in [6.07, 6.45) is -4.64. The molecule has 0 aliphatic rings. The van der Waals surface area contributed by atoms with Crippen LogP contribution in [0.3, 0.4) is 0 Å². The van der Waals surface area contributed by atoms with Gasteiger partial charge in [0.15, 0.2) is 5.16 Å². The average molecular weight is 452 g/mol. The van der Waals surface area contributed by atoms with Crippen molar-refractivity contribution in [3.8, 4) is 11.3 Å². The molecule has 0 aliphatic carbocycles. The van der Waals surface area contributed by atoms with Crippen LogP contribution in [-0.4, -0.2) is 28.2 Å². The second-order valence-corrected chi connectivity index (χ2v) is 7.57. The van der Waals surface area contributed by atoms with Crippen LogP contribution in [0.4, 0.5) is 18.9 Å². The third-order valence-electron chi connectivity index (χ3n) is 4.15. The molecule has 3 rings (SSSR count). The van der Waals surface area contributed by atoms with Crippen molar-refractivity contribution in [2.24, 2.45) is 0 Å². The van der Waals surface area contributed by atoms with Crippen molar-refractivity contribution in [1.29, 1.82) is 0 Å². The van der Waals surface area contributed by atoms with E-state index in [0.717, 1.165) is 23.5 Å². The van der Waals surface area contributed by atoms with Gasteiger partial charge in [-0.2, -0.15) is 13.2 Å². The molecular formula is C21H17ClF3N3OS. The molecule has 3 aromatic rings. The maximum Gasteiger partial charge on any atom is 0.433 e. The largest absolute Gasteiger partial charge is 0.433 e. The summed E-state index contributed by atoms with van der Waals surface area (Å²) in [6.45, 7) is 2.26. The van der Waals surface area contributed by atoms with E-state index in [2.05, 4.69) is 9.97 Å². The molecule has 0 N–H and O–H groups in total. The van der Waals surface area contributed by atoms with E-state index in [1.807, 2.05) is 25.1 Å². The molecule has 9 heteroatoms. The van der Waals surface area contributed by atoms with E-state index in [0.29, 0.717) is 17.1 Å². The van der Waals surface area contributed by atoms with Gasteiger partial charge in [-0.25, -0.2) is 9.97 Å². The number of rotatable bonds is 6. The van der Waals surface area contributed by atoms with E-state index in [1.165, 1.54) is 0 Å². The van der Waals surface area contributed by atoms with Crippen LogP contribution in [0.1, 0.15) is 12.6 Å². The van der Waals surface area contributed by atoms with Gasteiger partial charge in [0, 0.05) is 22.8 Å². The minimum Gasteiger partial charge on any atom is -0.312 e. The summed E-state index contributed by atoms with van der Waals surface area (Å²) in [6, 6.07) is 16.2. The van der Waals surface area contributed by atoms with Crippen LogP contribution in [-0.2, 0) is 11.0 Å². The van der Waals surface area contributed by atoms with Crippen LogP contribution in [0.15, 0.2) is 65.8 Å². The summed E-state index contributed by atoms with van der Waals surface area (Å²) in [7, 11) is 0. The highest BCUT2D eigenvalue weighted by Gasteiger charge is 2.34. The first kappa shape index (κ1) is 22.1. The number of halogens is 4. The van der Waals surface area contributed by atoms with Crippen molar-refractivity contribution in [3.05, 3.63) is 71.4 Å². The zero-order valence-electron chi connectivity index (χ0n) is 15.9. The lowest BCUT2D eigenvalue weighted by molar-refractivity contribution is -0.141. The van der Waals surface area contributed by atoms with Gasteiger partial charge in [-0.1, -0.05) is 53.7 Å². The number of carbonyl (C=O) groups is 1. The average Bonchev–Trinajstić information content (AvgIpc) is 2.73. The van der Waals surface area contributed by atoms with Gasteiger partial charge in [0.25, 0.3) is 0 Å². The number of anilines is 1. The maximum absolute atomic E-state index is 13.3. The first-order valence-electron chi connectivity index (χ1n) is 8.98. The molecule has 0 saturated carbocycles. The summed E-state index contributed by atoms with van der Waals surface area (Å²) in [4.78, 5) is 22.0. The molecule has 0 bridgehead atoms. The molecule has 30 heavy (non-hydrogen) atoms. The summed E-state index contributed by atoms with van der Waals surface area (Å²) in [5.41, 5.74) is 0.240. The Hall–Kier alpha value is -2.58. The van der Waals surface area contributed by atoms with Crippen molar-refractivity contribution in [2.45, 2.75) is 18.3 Å². The third kappa shape index (κ3) is 5.52. The van der Waals surface area contributed by atoms with Gasteiger partial charge in [-0.15, -0.1) is 0 Å². The molecule has 0 spiro atoms. The first-order valence-corrected chi connectivity index (χ1v) is 10.3. The summed E-state index contributed by atoms with van der Waals surface area (Å²) in [5.74, 6) is -0.341. The molecule has 1 aromatic heterocycles. The third-order valence-corrected chi connectivity index (χ3v) is 5.23. The lowest BCUT2D eigenvalue weighted by Crippen LogP contribution is -2.32. The lowest BCUT2D eigenvalue weighted by atomic mass is 10.1. The van der Waals surface area contributed by atoms with Crippen molar-refractivity contribution < 1.29 is 18.0 Å². The molecule has 0 atom stereocenters. The van der Waals surface area contributed by atoms with E-state index in [9.17, 15) is 18.0 Å². The number of thioether (sulfide) groups is 1. The Labute approximate surface area is 181 Å². The van der Waals surface area contributed by atoms with Gasteiger partial charge >= 0.3 is 6.18 Å². The fourth-order valence-corrected chi connectivity index (χ4v) is 3.58. The molecule has 1 heterocycles. The van der Waals surface area contributed by atoms with Gasteiger partial charge in [-0.3, -0.25) is 4.79 Å². The highest BCUT2D eigenvalue weighted by atomic mass is 35.5. The minimum atomic E-state index is -4.64. The summed E-state index contributed by atoms with van der Waals surface area (Å²) < 4.78 is 40.0. The standard InChI is InChI=1S/C21H17ClF3N3OS/c1-2-28(16-6-4-3-5-7-16)19(29)13-30-20-26-17(12-18(27-20)21(23,24)25)14-8-10-15(22)11-9-14/h3-12H,2,13H2,1H3. The van der Waals surface area contributed by atoms with Crippen molar-refractivity contribution >= 4 is 35.0 Å². The molecule has 4 nitrogen and oxygen atoms in total. The van der Waals surface area contributed by atoms with E-state index in [1.54, 1.807) is 41.3 Å². The number of hydrogen-bond acceptors (Lipinski definition) is 4. The van der Waals surface area contributed by atoms with Crippen molar-refractivity contribution in [1.82, 2.24) is 9.97 Å². The Morgan fingerprint density at radius 3 is 2.33 bits per heavy atom. The van der Waals surface area contributed by atoms with Crippen LogP contribution >= 0.6 is 23.4 Å². The fourth-order valence-electron chi connectivity index (χ4n) is 2.72. The van der Waals surface area contributed by atoms with Gasteiger partial charge in [0.1, 0.15) is 5.69 Å². The molecule has 156 valence electrons. The van der Waals surface area contributed by atoms with E-state index in [4.69, 9.17) is 11.6 Å². The Balaban J connectivity index is 1.85. The van der Waals surface area contributed by atoms with Gasteiger partial charge in [0.2, 0.25) is 5.91 Å². The molecule has 0 aliphatic heterocycles. The van der Waals surface area contributed by atoms with Crippen LogP contribution in [0.5, 0.6) is 0 Å². The molecule has 0 radical (unpaired) electrons. The quantitative estimate of drug-likeness (QED) is 0.342. The van der Waals surface area contributed by atoms with Gasteiger partial charge in [-0.05, 0) is 37.3 Å². The Bertz CT molecular complexity index is 1010. The number of para-hydroxylation sites is 1. The molecule has 1 amide bonds. The minimum absolute atomic E-state index is 0.0932. The monoisotopic (exact) mass is 451 g/mol. The van der Waals surface area contributed by atoms with Crippen molar-refractivity contribution in [2.75, 3.05) is 17.2 Å². The number of alkyl halides is 3. The zero-order chi connectivity index (χ0) is 21.7. The van der Waals surface area contributed by atoms with Crippen LogP contribution < -0.4 is 4.90 Å². The maximum atomic E-state index is 13.3. The van der Waals surface area contributed by atoms with E-state index < -0.39 is 11.9 Å². The predicted octanol–water partition coefficient (Wildman–Crippen LogP) is 5.96. The number of aromatic nitrogens is 2. The molecule has 2 aromatic carbocycles. The Morgan fingerprint density at radius 1 is 1.07 bits per heavy atom. The fraction of sp³-hybridized carbons (Fsp3) is 0.190. The predicted molar refractivity (Wildman–Crippen MR) is 113 cm³/mol. The highest BCUT2D eigenvalue weighted by Crippen LogP contribution is 2.32. The summed E-state index contributed by atoms with van der Waals surface area (Å²) >= 11 is 6.72. The van der Waals surface area contributed by atoms with Crippen LogP contribution in [0, 0.1) is 0 Å². The number of carbonyl (C=O) groups excluding carboxylic acids is 1. The van der Waals surface area contributed by atoms with E-state index in [-0.39, 0.29) is 22.5 Å². The van der Waals surface area contributed by atoms with Crippen molar-refractivity contribution in [3.63, 3.8) is 0 Å². The lowest BCUT2D eigenvalue weighted by Gasteiger charge is -2.20. The van der Waals surface area contributed by atoms with Gasteiger partial charge < -0.3 is 4.90 Å². The Morgan fingerprint density at radius 2 is 1.73 bits per heavy atom. The van der Waals surface area contributed by atoms with Gasteiger partial charge in [0.05, 0.1) is 11.4 Å². The number of hydrogen-bond donors (Lipinski definition) is 0. The molecule has 0 saturated heterocycles. The number of amides is 1. The molecular weight excluding hydrogens is 435 g/mol. The highest BCUT2D eigenvalue weighted by molar-refractivity contribution is 7.99. The Kier molecular flexibility index (Phi) is 6.99. The number of benzene rings is 2. The molecule has 0 unspecified atom stereocenters. The zero-order valence-corrected chi connectivity index (χ0v) is 17.4. The second kappa shape index (κ2) is 9.49.